The summed E-state index contributed by atoms with van der Waals surface area (Å²) in [6.07, 6.45) is 1.70. The van der Waals surface area contributed by atoms with Crippen molar-refractivity contribution in [3.8, 4) is 0 Å². The van der Waals surface area contributed by atoms with Crippen LogP contribution in [0.2, 0.25) is 0 Å². The molecule has 17 heavy (non-hydrogen) atoms. The molecule has 0 bridgehead atoms. The fourth-order valence-corrected chi connectivity index (χ4v) is 2.23. The van der Waals surface area contributed by atoms with E-state index in [1.807, 2.05) is 6.92 Å². The molecule has 5 heteroatoms. The second-order valence-corrected chi connectivity index (χ2v) is 4.50. The Hall–Kier alpha value is -0.680. The maximum atomic E-state index is 5.39. The summed E-state index contributed by atoms with van der Waals surface area (Å²) in [5, 5.41) is 3.24. The van der Waals surface area contributed by atoms with Crippen LogP contribution in [-0.4, -0.2) is 23.6 Å². The third-order valence-corrected chi connectivity index (χ3v) is 3.39. The molecule has 0 aliphatic rings. The van der Waals surface area contributed by atoms with Crippen molar-refractivity contribution in [2.24, 2.45) is 0 Å². The minimum absolute atomic E-state index is 0.0363. The van der Waals surface area contributed by atoms with Gasteiger partial charge in [0.25, 0.3) is 0 Å². The molecule has 1 aromatic rings. The average Bonchev–Trinajstić information content (AvgIpc) is 2.34. The van der Waals surface area contributed by atoms with Gasteiger partial charge in [-0.25, -0.2) is 9.97 Å². The second kappa shape index (κ2) is 6.91. The molecule has 0 amide bonds. The van der Waals surface area contributed by atoms with E-state index in [0.717, 1.165) is 41.2 Å². The zero-order valence-electron chi connectivity index (χ0n) is 10.9. The number of hydrogen-bond donors (Lipinski definition) is 1. The number of ether oxygens (including phenoxy) is 1. The minimum Gasteiger partial charge on any atom is -0.373 e. The lowest BCUT2D eigenvalue weighted by atomic mass is 10.2. The fraction of sp³-hybridized carbons (Fsp3) is 0.667. The Morgan fingerprint density at radius 1 is 1.29 bits per heavy atom. The van der Waals surface area contributed by atoms with Gasteiger partial charge in [-0.2, -0.15) is 0 Å². The Morgan fingerprint density at radius 2 is 2.00 bits per heavy atom. The molecule has 0 spiro atoms. The third-order valence-electron chi connectivity index (χ3n) is 2.56. The third kappa shape index (κ3) is 3.39. The normalized spacial score (nSPS) is 12.5. The quantitative estimate of drug-likeness (QED) is 0.875. The summed E-state index contributed by atoms with van der Waals surface area (Å²) in [6.45, 7) is 7.04. The fourth-order valence-electron chi connectivity index (χ4n) is 1.63. The lowest BCUT2D eigenvalue weighted by molar-refractivity contribution is 0.0925. The van der Waals surface area contributed by atoms with Gasteiger partial charge < -0.3 is 10.1 Å². The van der Waals surface area contributed by atoms with Crippen LogP contribution in [0.1, 0.15) is 44.8 Å². The first-order valence-corrected chi connectivity index (χ1v) is 6.80. The SMILES string of the molecule is CCNc1nc(C(CC)OC)nc(CC)c1Br. The standard InChI is InChI=1S/C12H20BrN3O/c1-5-8-10(13)12(14-7-3)16-11(15-8)9(6-2)17-4/h9H,5-7H2,1-4H3,(H,14,15,16). The van der Waals surface area contributed by atoms with Gasteiger partial charge in [-0.1, -0.05) is 13.8 Å². The number of hydrogen-bond acceptors (Lipinski definition) is 4. The lowest BCUT2D eigenvalue weighted by Gasteiger charge is -2.16. The molecule has 0 aliphatic carbocycles. The highest BCUT2D eigenvalue weighted by Crippen LogP contribution is 2.27. The Labute approximate surface area is 111 Å². The highest BCUT2D eigenvalue weighted by Gasteiger charge is 2.16. The number of anilines is 1. The van der Waals surface area contributed by atoms with Gasteiger partial charge >= 0.3 is 0 Å². The Kier molecular flexibility index (Phi) is 5.85. The van der Waals surface area contributed by atoms with E-state index in [0.29, 0.717) is 0 Å². The van der Waals surface area contributed by atoms with Crippen molar-refractivity contribution in [2.45, 2.75) is 39.7 Å². The molecule has 1 aromatic heterocycles. The van der Waals surface area contributed by atoms with Crippen molar-refractivity contribution >= 4 is 21.7 Å². The van der Waals surface area contributed by atoms with Crippen LogP contribution < -0.4 is 5.32 Å². The van der Waals surface area contributed by atoms with Crippen LogP contribution in [-0.2, 0) is 11.2 Å². The molecule has 1 atom stereocenters. The molecule has 0 radical (unpaired) electrons. The van der Waals surface area contributed by atoms with Crippen molar-refractivity contribution in [3.05, 3.63) is 16.0 Å². The largest absolute Gasteiger partial charge is 0.373 e. The number of halogens is 1. The van der Waals surface area contributed by atoms with E-state index in [4.69, 9.17) is 4.74 Å². The van der Waals surface area contributed by atoms with Crippen molar-refractivity contribution in [2.75, 3.05) is 19.0 Å². The monoisotopic (exact) mass is 301 g/mol. The molecule has 1 rings (SSSR count). The highest BCUT2D eigenvalue weighted by molar-refractivity contribution is 9.10. The van der Waals surface area contributed by atoms with E-state index in [-0.39, 0.29) is 6.10 Å². The van der Waals surface area contributed by atoms with Crippen LogP contribution in [0.15, 0.2) is 4.47 Å². The first-order valence-electron chi connectivity index (χ1n) is 6.00. The summed E-state index contributed by atoms with van der Waals surface area (Å²) in [4.78, 5) is 9.07. The van der Waals surface area contributed by atoms with E-state index in [2.05, 4.69) is 45.1 Å². The predicted molar refractivity (Wildman–Crippen MR) is 73.3 cm³/mol. The second-order valence-electron chi connectivity index (χ2n) is 3.71. The molecule has 0 fully saturated rings. The Balaban J connectivity index is 3.18. The van der Waals surface area contributed by atoms with E-state index in [1.165, 1.54) is 0 Å². The van der Waals surface area contributed by atoms with Crippen molar-refractivity contribution in [3.63, 3.8) is 0 Å². The van der Waals surface area contributed by atoms with Crippen molar-refractivity contribution in [1.29, 1.82) is 0 Å². The maximum Gasteiger partial charge on any atom is 0.159 e. The molecule has 4 nitrogen and oxygen atoms in total. The van der Waals surface area contributed by atoms with Crippen molar-refractivity contribution < 1.29 is 4.74 Å². The van der Waals surface area contributed by atoms with Gasteiger partial charge in [-0.05, 0) is 35.7 Å². The maximum absolute atomic E-state index is 5.39. The summed E-state index contributed by atoms with van der Waals surface area (Å²) >= 11 is 3.54. The Bertz CT molecular complexity index is 367. The molecular formula is C12H20BrN3O. The van der Waals surface area contributed by atoms with E-state index in [9.17, 15) is 0 Å². The topological polar surface area (TPSA) is 47.0 Å². The van der Waals surface area contributed by atoms with Crippen LogP contribution >= 0.6 is 15.9 Å². The molecule has 0 aromatic carbocycles. The van der Waals surface area contributed by atoms with Gasteiger partial charge in [0.15, 0.2) is 5.82 Å². The molecular weight excluding hydrogens is 282 g/mol. The van der Waals surface area contributed by atoms with Crippen molar-refractivity contribution in [1.82, 2.24) is 9.97 Å². The highest BCUT2D eigenvalue weighted by atomic mass is 79.9. The van der Waals surface area contributed by atoms with Gasteiger partial charge in [0.1, 0.15) is 11.9 Å². The van der Waals surface area contributed by atoms with E-state index in [1.54, 1.807) is 7.11 Å². The number of aryl methyl sites for hydroxylation is 1. The number of nitrogens with one attached hydrogen (secondary N) is 1. The molecule has 0 aliphatic heterocycles. The van der Waals surface area contributed by atoms with Gasteiger partial charge in [0.2, 0.25) is 0 Å². The summed E-state index contributed by atoms with van der Waals surface area (Å²) in [6, 6.07) is 0. The number of aromatic nitrogens is 2. The van der Waals surface area contributed by atoms with E-state index < -0.39 is 0 Å². The molecule has 1 heterocycles. The zero-order valence-corrected chi connectivity index (χ0v) is 12.5. The smallest absolute Gasteiger partial charge is 0.159 e. The predicted octanol–water partition coefficient (Wildman–Crippen LogP) is 3.33. The van der Waals surface area contributed by atoms with Gasteiger partial charge in [0.05, 0.1) is 10.2 Å². The summed E-state index contributed by atoms with van der Waals surface area (Å²) in [5.41, 5.74) is 1.02. The summed E-state index contributed by atoms with van der Waals surface area (Å²) < 4.78 is 6.35. The zero-order chi connectivity index (χ0) is 12.8. The molecule has 0 saturated heterocycles. The first-order chi connectivity index (χ1) is 8.17. The molecule has 1 unspecified atom stereocenters. The van der Waals surface area contributed by atoms with Crippen LogP contribution in [0.4, 0.5) is 5.82 Å². The number of nitrogens with zero attached hydrogens (tertiary/aromatic N) is 2. The first kappa shape index (κ1) is 14.4. The van der Waals surface area contributed by atoms with Crippen LogP contribution in [0, 0.1) is 0 Å². The Morgan fingerprint density at radius 3 is 2.47 bits per heavy atom. The van der Waals surface area contributed by atoms with Crippen LogP contribution in [0.3, 0.4) is 0 Å². The number of rotatable bonds is 6. The lowest BCUT2D eigenvalue weighted by Crippen LogP contribution is -2.12. The molecule has 1 N–H and O–H groups in total. The number of methoxy groups -OCH3 is 1. The van der Waals surface area contributed by atoms with Crippen LogP contribution in [0.25, 0.3) is 0 Å². The average molecular weight is 302 g/mol. The van der Waals surface area contributed by atoms with E-state index >= 15 is 0 Å². The summed E-state index contributed by atoms with van der Waals surface area (Å²) in [7, 11) is 1.69. The molecule has 96 valence electrons. The minimum atomic E-state index is -0.0363. The van der Waals surface area contributed by atoms with Gasteiger partial charge in [0, 0.05) is 13.7 Å². The van der Waals surface area contributed by atoms with Gasteiger partial charge in [-0.3, -0.25) is 0 Å². The molecule has 0 saturated carbocycles. The van der Waals surface area contributed by atoms with Crippen LogP contribution in [0.5, 0.6) is 0 Å². The summed E-state index contributed by atoms with van der Waals surface area (Å²) in [5.74, 6) is 1.61. The van der Waals surface area contributed by atoms with Gasteiger partial charge in [-0.15, -0.1) is 0 Å².